The second-order valence-corrected chi connectivity index (χ2v) is 8.31. The molecule has 3 atom stereocenters. The van der Waals surface area contributed by atoms with E-state index in [0.717, 1.165) is 0 Å². The van der Waals surface area contributed by atoms with Gasteiger partial charge in [-0.3, -0.25) is 0 Å². The van der Waals surface area contributed by atoms with E-state index in [-0.39, 0.29) is 25.2 Å². The molecule has 19 heteroatoms. The molecule has 0 aromatic rings. The SMILES string of the molecule is C[C@H]1CC[C@H](OC(=O)C(F)(F)C(F)(F)C(F)(F)C(F)(F)C(F)(F)C(F)(F)C(F)(F)C(F)(F)F)C[C@@H]1C. The molecule has 1 saturated carbocycles. The average molecular weight is 574 g/mol. The van der Waals surface area contributed by atoms with Crippen LogP contribution in [0.15, 0.2) is 0 Å². The van der Waals surface area contributed by atoms with Gasteiger partial charge < -0.3 is 4.74 Å². The van der Waals surface area contributed by atoms with Crippen LogP contribution in [0.25, 0.3) is 0 Å². The summed E-state index contributed by atoms with van der Waals surface area (Å²) < 4.78 is 229. The number of alkyl halides is 17. The highest BCUT2D eigenvalue weighted by molar-refractivity contribution is 5.79. The van der Waals surface area contributed by atoms with Gasteiger partial charge in [-0.25, -0.2) is 4.79 Å². The molecule has 36 heavy (non-hydrogen) atoms. The Morgan fingerprint density at radius 2 is 0.917 bits per heavy atom. The Hall–Kier alpha value is -1.72. The highest BCUT2D eigenvalue weighted by Crippen LogP contribution is 2.64. The van der Waals surface area contributed by atoms with Crippen LogP contribution in [-0.2, 0) is 9.53 Å². The third-order valence-corrected chi connectivity index (χ3v) is 5.80. The summed E-state index contributed by atoms with van der Waals surface area (Å²) in [5.74, 6) is -62.3. The highest BCUT2D eigenvalue weighted by Gasteiger charge is 2.96. The molecule has 0 N–H and O–H groups in total. The van der Waals surface area contributed by atoms with Crippen molar-refractivity contribution in [2.75, 3.05) is 0 Å². The first-order valence-corrected chi connectivity index (χ1v) is 9.48. The minimum absolute atomic E-state index is 0.101. The van der Waals surface area contributed by atoms with Gasteiger partial charge in [0.15, 0.2) is 0 Å². The molecular formula is C17H15F17O2. The van der Waals surface area contributed by atoms with E-state index in [2.05, 4.69) is 4.74 Å². The number of ether oxygens (including phenoxy) is 1. The molecule has 0 bridgehead atoms. The lowest BCUT2D eigenvalue weighted by atomic mass is 9.80. The Labute approximate surface area is 190 Å². The summed E-state index contributed by atoms with van der Waals surface area (Å²) in [6.45, 7) is 3.07. The van der Waals surface area contributed by atoms with Crippen molar-refractivity contribution >= 4 is 5.97 Å². The van der Waals surface area contributed by atoms with Crippen molar-refractivity contribution in [2.45, 2.75) is 86.8 Å². The van der Waals surface area contributed by atoms with Crippen molar-refractivity contribution in [3.05, 3.63) is 0 Å². The fourth-order valence-corrected chi connectivity index (χ4v) is 3.12. The molecule has 0 aromatic carbocycles. The zero-order chi connectivity index (χ0) is 29.1. The Kier molecular flexibility index (Phi) is 8.02. The largest absolute Gasteiger partial charge is 0.460 e. The molecule has 0 saturated heterocycles. The van der Waals surface area contributed by atoms with Crippen molar-refractivity contribution in [2.24, 2.45) is 11.8 Å². The van der Waals surface area contributed by atoms with Crippen LogP contribution in [0.3, 0.4) is 0 Å². The van der Waals surface area contributed by atoms with Crippen LogP contribution < -0.4 is 0 Å². The Morgan fingerprint density at radius 3 is 1.28 bits per heavy atom. The minimum Gasteiger partial charge on any atom is -0.458 e. The maximum absolute atomic E-state index is 13.9. The number of hydrogen-bond donors (Lipinski definition) is 0. The van der Waals surface area contributed by atoms with Gasteiger partial charge in [0.05, 0.1) is 0 Å². The van der Waals surface area contributed by atoms with E-state index < -0.39 is 65.6 Å². The Bertz CT molecular complexity index is 816. The summed E-state index contributed by atoms with van der Waals surface area (Å²) >= 11 is 0. The molecule has 1 aliphatic rings. The van der Waals surface area contributed by atoms with Gasteiger partial charge in [0.1, 0.15) is 6.10 Å². The summed E-state index contributed by atoms with van der Waals surface area (Å²) in [4.78, 5) is 11.4. The van der Waals surface area contributed by atoms with Crippen molar-refractivity contribution < 1.29 is 84.2 Å². The number of hydrogen-bond acceptors (Lipinski definition) is 2. The zero-order valence-electron chi connectivity index (χ0n) is 17.6. The fraction of sp³-hybridized carbons (Fsp3) is 0.941. The number of esters is 1. The van der Waals surface area contributed by atoms with Crippen LogP contribution in [0.5, 0.6) is 0 Å². The summed E-state index contributed by atoms with van der Waals surface area (Å²) in [6, 6.07) is 0. The first-order valence-electron chi connectivity index (χ1n) is 9.48. The van der Waals surface area contributed by atoms with Gasteiger partial charge in [-0.1, -0.05) is 13.8 Å². The molecule has 0 aromatic heterocycles. The van der Waals surface area contributed by atoms with E-state index in [1.165, 1.54) is 6.92 Å². The zero-order valence-corrected chi connectivity index (χ0v) is 17.6. The maximum Gasteiger partial charge on any atom is 0.460 e. The first kappa shape index (κ1) is 32.3. The van der Waals surface area contributed by atoms with Gasteiger partial charge in [-0.2, -0.15) is 74.6 Å². The molecular weight excluding hydrogens is 559 g/mol. The summed E-state index contributed by atoms with van der Waals surface area (Å²) in [7, 11) is 0. The quantitative estimate of drug-likeness (QED) is 0.224. The first-order chi connectivity index (χ1) is 15.6. The van der Waals surface area contributed by atoms with Gasteiger partial charge in [0.25, 0.3) is 0 Å². The molecule has 0 unspecified atom stereocenters. The summed E-state index contributed by atoms with van der Waals surface area (Å²) in [5, 5.41) is 0. The van der Waals surface area contributed by atoms with E-state index >= 15 is 0 Å². The van der Waals surface area contributed by atoms with Gasteiger partial charge in [-0.05, 0) is 31.1 Å². The smallest absolute Gasteiger partial charge is 0.458 e. The van der Waals surface area contributed by atoms with E-state index in [9.17, 15) is 79.4 Å². The molecule has 0 heterocycles. The maximum atomic E-state index is 13.9. The average Bonchev–Trinajstić information content (AvgIpc) is 2.68. The van der Waals surface area contributed by atoms with Crippen molar-refractivity contribution in [1.82, 2.24) is 0 Å². The standard InChI is InChI=1S/C17H15F17O2/c1-6-3-4-8(5-7(6)2)36-9(35)10(18,19)11(20,21)12(22,23)13(24,25)14(26,27)15(28,29)16(30,31)17(32,33)34/h6-8H,3-5H2,1-2H3/t6-,7-,8-/m0/s1. The summed E-state index contributed by atoms with van der Waals surface area (Å²) in [6.07, 6.45) is -10.1. The molecule has 0 radical (unpaired) electrons. The Morgan fingerprint density at radius 1 is 0.556 bits per heavy atom. The number of rotatable bonds is 8. The number of carbonyl (C=O) groups excluding carboxylic acids is 1. The summed E-state index contributed by atoms with van der Waals surface area (Å²) in [5.41, 5.74) is 0. The second-order valence-electron chi connectivity index (χ2n) is 8.31. The van der Waals surface area contributed by atoms with E-state index in [1.54, 1.807) is 6.92 Å². The highest BCUT2D eigenvalue weighted by atomic mass is 19.4. The van der Waals surface area contributed by atoms with Gasteiger partial charge >= 0.3 is 53.6 Å². The molecule has 1 aliphatic carbocycles. The predicted octanol–water partition coefficient (Wildman–Crippen LogP) is 7.36. The molecule has 214 valence electrons. The molecule has 2 nitrogen and oxygen atoms in total. The van der Waals surface area contributed by atoms with Crippen LogP contribution in [0.4, 0.5) is 74.6 Å². The third-order valence-electron chi connectivity index (χ3n) is 5.80. The predicted molar refractivity (Wildman–Crippen MR) is 82.7 cm³/mol. The van der Waals surface area contributed by atoms with Crippen LogP contribution in [0.1, 0.15) is 33.1 Å². The second kappa shape index (κ2) is 8.94. The molecule has 0 spiro atoms. The lowest BCUT2D eigenvalue weighted by Crippen LogP contribution is -2.75. The fourth-order valence-electron chi connectivity index (χ4n) is 3.12. The van der Waals surface area contributed by atoms with Crippen molar-refractivity contribution in [1.29, 1.82) is 0 Å². The minimum atomic E-state index is -8.74. The normalized spacial score (nSPS) is 24.0. The van der Waals surface area contributed by atoms with Gasteiger partial charge in [0, 0.05) is 0 Å². The molecule has 0 amide bonds. The number of carbonyl (C=O) groups is 1. The molecule has 1 fully saturated rings. The molecule has 0 aliphatic heterocycles. The lowest BCUT2D eigenvalue weighted by Gasteiger charge is -2.42. The third kappa shape index (κ3) is 4.45. The van der Waals surface area contributed by atoms with Crippen LogP contribution in [0.2, 0.25) is 0 Å². The van der Waals surface area contributed by atoms with E-state index in [1.807, 2.05) is 0 Å². The topological polar surface area (TPSA) is 26.3 Å². The van der Waals surface area contributed by atoms with Crippen molar-refractivity contribution in [3.8, 4) is 0 Å². The van der Waals surface area contributed by atoms with Gasteiger partial charge in [0.2, 0.25) is 0 Å². The number of halogens is 17. The van der Waals surface area contributed by atoms with Crippen LogP contribution in [-0.4, -0.2) is 59.7 Å². The monoisotopic (exact) mass is 574 g/mol. The van der Waals surface area contributed by atoms with E-state index in [4.69, 9.17) is 0 Å². The van der Waals surface area contributed by atoms with Gasteiger partial charge in [-0.15, -0.1) is 0 Å². The van der Waals surface area contributed by atoms with Crippen LogP contribution in [0, 0.1) is 11.8 Å². The Balaban J connectivity index is 3.45. The van der Waals surface area contributed by atoms with E-state index in [0.29, 0.717) is 0 Å². The molecule has 1 rings (SSSR count). The lowest BCUT2D eigenvalue weighted by molar-refractivity contribution is -0.460. The van der Waals surface area contributed by atoms with Crippen LogP contribution >= 0.6 is 0 Å². The van der Waals surface area contributed by atoms with Crippen molar-refractivity contribution in [3.63, 3.8) is 0 Å².